The topological polar surface area (TPSA) is 35.5 Å². The number of hydrogen-bond acceptors (Lipinski definition) is 3. The molecule has 106 valence electrons. The van der Waals surface area contributed by atoms with Crippen LogP contribution in [0.25, 0.3) is 0 Å². The Bertz CT molecular complexity index is 388. The molecule has 0 N–H and O–H groups in total. The van der Waals surface area contributed by atoms with Crippen LogP contribution in [0.5, 0.6) is 5.75 Å². The lowest BCUT2D eigenvalue weighted by molar-refractivity contribution is 0.0600. The van der Waals surface area contributed by atoms with Crippen molar-refractivity contribution in [2.24, 2.45) is 5.41 Å². The first-order valence-electron chi connectivity index (χ1n) is 6.48. The van der Waals surface area contributed by atoms with Crippen molar-refractivity contribution in [3.05, 3.63) is 29.8 Å². The first kappa shape index (κ1) is 16.0. The maximum atomic E-state index is 11.3. The zero-order chi connectivity index (χ0) is 14.3. The van der Waals surface area contributed by atoms with E-state index >= 15 is 0 Å². The summed E-state index contributed by atoms with van der Waals surface area (Å²) in [4.78, 5) is 11.3. The smallest absolute Gasteiger partial charge is 0.337 e. The molecule has 1 aromatic rings. The number of carbonyl (C=O) groups is 1. The second kappa shape index (κ2) is 7.53. The van der Waals surface area contributed by atoms with Crippen LogP contribution in [-0.2, 0) is 4.74 Å². The Balaban J connectivity index is 2.66. The minimum Gasteiger partial charge on any atom is -0.493 e. The van der Waals surface area contributed by atoms with Crippen molar-refractivity contribution in [2.45, 2.75) is 26.7 Å². The second-order valence-corrected chi connectivity index (χ2v) is 5.21. The molecule has 0 unspecified atom stereocenters. The van der Waals surface area contributed by atoms with Crippen molar-refractivity contribution in [1.82, 2.24) is 0 Å². The van der Waals surface area contributed by atoms with Gasteiger partial charge in [0.05, 0.1) is 19.3 Å². The molecule has 3 nitrogen and oxygen atoms in total. The molecule has 0 amide bonds. The highest BCUT2D eigenvalue weighted by molar-refractivity contribution is 9.09. The standard InChI is InChI=1S/C15H21BrO3/c1-4-15(5-2,10-16)11-19-13-8-6-12(7-9-13)14(17)18-3/h6-9H,4-5,10-11H2,1-3H3. The normalized spacial score (nSPS) is 11.2. The van der Waals surface area contributed by atoms with Crippen LogP contribution in [0.4, 0.5) is 0 Å². The number of rotatable bonds is 7. The van der Waals surface area contributed by atoms with Gasteiger partial charge in [-0.1, -0.05) is 29.8 Å². The van der Waals surface area contributed by atoms with Gasteiger partial charge in [0.15, 0.2) is 0 Å². The third-order valence-corrected chi connectivity index (χ3v) is 4.79. The number of methoxy groups -OCH3 is 1. The summed E-state index contributed by atoms with van der Waals surface area (Å²) in [5.74, 6) is 0.448. The zero-order valence-electron chi connectivity index (χ0n) is 11.7. The quantitative estimate of drug-likeness (QED) is 0.559. The van der Waals surface area contributed by atoms with Gasteiger partial charge in [-0.2, -0.15) is 0 Å². The Labute approximate surface area is 123 Å². The Kier molecular flexibility index (Phi) is 6.35. The lowest BCUT2D eigenvalue weighted by Crippen LogP contribution is -2.29. The van der Waals surface area contributed by atoms with Crippen LogP contribution in [-0.4, -0.2) is 25.0 Å². The van der Waals surface area contributed by atoms with E-state index in [0.29, 0.717) is 12.2 Å². The van der Waals surface area contributed by atoms with Crippen LogP contribution >= 0.6 is 15.9 Å². The fourth-order valence-corrected chi connectivity index (χ4v) is 2.68. The van der Waals surface area contributed by atoms with E-state index < -0.39 is 0 Å². The molecular formula is C15H21BrO3. The predicted molar refractivity (Wildman–Crippen MR) is 80.1 cm³/mol. The first-order chi connectivity index (χ1) is 9.10. The lowest BCUT2D eigenvalue weighted by atomic mass is 9.86. The van der Waals surface area contributed by atoms with Crippen molar-refractivity contribution in [2.75, 3.05) is 19.0 Å². The molecule has 0 saturated carbocycles. The van der Waals surface area contributed by atoms with Gasteiger partial charge in [0.2, 0.25) is 0 Å². The average Bonchev–Trinajstić information content (AvgIpc) is 2.49. The SMILES string of the molecule is CCC(CC)(CBr)COc1ccc(C(=O)OC)cc1. The Morgan fingerprint density at radius 3 is 2.21 bits per heavy atom. The predicted octanol–water partition coefficient (Wildman–Crippen LogP) is 4.05. The molecule has 1 rings (SSSR count). The van der Waals surface area contributed by atoms with E-state index in [1.807, 2.05) is 0 Å². The Morgan fingerprint density at radius 2 is 1.79 bits per heavy atom. The van der Waals surface area contributed by atoms with E-state index in [9.17, 15) is 4.79 Å². The third kappa shape index (κ3) is 4.23. The van der Waals surface area contributed by atoms with Crippen molar-refractivity contribution in [3.63, 3.8) is 0 Å². The summed E-state index contributed by atoms with van der Waals surface area (Å²) in [7, 11) is 1.37. The van der Waals surface area contributed by atoms with E-state index in [2.05, 4.69) is 34.5 Å². The lowest BCUT2D eigenvalue weighted by Gasteiger charge is -2.29. The van der Waals surface area contributed by atoms with Crippen LogP contribution in [0.3, 0.4) is 0 Å². The highest BCUT2D eigenvalue weighted by atomic mass is 79.9. The van der Waals surface area contributed by atoms with Crippen LogP contribution in [0.15, 0.2) is 24.3 Å². The second-order valence-electron chi connectivity index (χ2n) is 4.65. The summed E-state index contributed by atoms with van der Waals surface area (Å²) >= 11 is 3.57. The summed E-state index contributed by atoms with van der Waals surface area (Å²) in [6.45, 7) is 5.02. The summed E-state index contributed by atoms with van der Waals surface area (Å²) in [5, 5.41) is 0.924. The van der Waals surface area contributed by atoms with Gasteiger partial charge in [-0.15, -0.1) is 0 Å². The van der Waals surface area contributed by atoms with Crippen molar-refractivity contribution in [1.29, 1.82) is 0 Å². The summed E-state index contributed by atoms with van der Waals surface area (Å²) in [5.41, 5.74) is 0.702. The molecule has 0 aromatic heterocycles. The molecule has 1 aromatic carbocycles. The number of esters is 1. The first-order valence-corrected chi connectivity index (χ1v) is 7.60. The van der Waals surface area contributed by atoms with Gasteiger partial charge < -0.3 is 9.47 Å². The van der Waals surface area contributed by atoms with Gasteiger partial charge in [0, 0.05) is 10.7 Å². The number of carbonyl (C=O) groups excluding carboxylic acids is 1. The molecule has 19 heavy (non-hydrogen) atoms. The van der Waals surface area contributed by atoms with E-state index in [0.717, 1.165) is 23.9 Å². The summed E-state index contributed by atoms with van der Waals surface area (Å²) in [6.07, 6.45) is 2.13. The molecule has 0 aliphatic carbocycles. The van der Waals surface area contributed by atoms with Gasteiger partial charge in [-0.05, 0) is 37.1 Å². The monoisotopic (exact) mass is 328 g/mol. The number of benzene rings is 1. The van der Waals surface area contributed by atoms with Crippen LogP contribution in [0.1, 0.15) is 37.0 Å². The van der Waals surface area contributed by atoms with Gasteiger partial charge in [0.1, 0.15) is 5.75 Å². The highest BCUT2D eigenvalue weighted by Crippen LogP contribution is 2.29. The van der Waals surface area contributed by atoms with Crippen molar-refractivity contribution in [3.8, 4) is 5.75 Å². The Morgan fingerprint density at radius 1 is 1.21 bits per heavy atom. The van der Waals surface area contributed by atoms with Gasteiger partial charge >= 0.3 is 5.97 Å². The van der Waals surface area contributed by atoms with E-state index in [4.69, 9.17) is 4.74 Å². The van der Waals surface area contributed by atoms with Gasteiger partial charge in [-0.3, -0.25) is 0 Å². The third-order valence-electron chi connectivity index (χ3n) is 3.60. The van der Waals surface area contributed by atoms with Crippen molar-refractivity contribution < 1.29 is 14.3 Å². The maximum absolute atomic E-state index is 11.3. The number of hydrogen-bond donors (Lipinski definition) is 0. The van der Waals surface area contributed by atoms with E-state index in [-0.39, 0.29) is 11.4 Å². The molecule has 0 aliphatic heterocycles. The zero-order valence-corrected chi connectivity index (χ0v) is 13.3. The summed E-state index contributed by atoms with van der Waals surface area (Å²) < 4.78 is 10.5. The number of halogens is 1. The van der Waals surface area contributed by atoms with Gasteiger partial charge in [0.25, 0.3) is 0 Å². The molecule has 0 bridgehead atoms. The van der Waals surface area contributed by atoms with Gasteiger partial charge in [-0.25, -0.2) is 4.79 Å². The fourth-order valence-electron chi connectivity index (χ4n) is 1.72. The minimum absolute atomic E-state index is 0.168. The summed E-state index contributed by atoms with van der Waals surface area (Å²) in [6, 6.07) is 7.04. The Hall–Kier alpha value is -1.03. The number of ether oxygens (including phenoxy) is 2. The molecule has 0 radical (unpaired) electrons. The fraction of sp³-hybridized carbons (Fsp3) is 0.533. The van der Waals surface area contributed by atoms with E-state index in [1.54, 1.807) is 24.3 Å². The highest BCUT2D eigenvalue weighted by Gasteiger charge is 2.25. The largest absolute Gasteiger partial charge is 0.493 e. The molecule has 0 fully saturated rings. The molecule has 0 atom stereocenters. The molecule has 0 spiro atoms. The average molecular weight is 329 g/mol. The van der Waals surface area contributed by atoms with E-state index in [1.165, 1.54) is 7.11 Å². The van der Waals surface area contributed by atoms with Crippen LogP contribution in [0.2, 0.25) is 0 Å². The maximum Gasteiger partial charge on any atom is 0.337 e. The van der Waals surface area contributed by atoms with Crippen LogP contribution in [0, 0.1) is 5.41 Å². The molecular weight excluding hydrogens is 308 g/mol. The van der Waals surface area contributed by atoms with Crippen molar-refractivity contribution >= 4 is 21.9 Å². The molecule has 0 saturated heterocycles. The number of alkyl halides is 1. The molecule has 4 heteroatoms. The minimum atomic E-state index is -0.330. The molecule has 0 heterocycles. The molecule has 0 aliphatic rings. The van der Waals surface area contributed by atoms with Crippen LogP contribution < -0.4 is 4.74 Å².